The molecule has 2 aliphatic heterocycles. The molecule has 3 amide bonds. The number of carbonyl (C=O) groups excluding carboxylic acids is 3. The van der Waals surface area contributed by atoms with Gasteiger partial charge in [-0.3, -0.25) is 14.4 Å². The van der Waals surface area contributed by atoms with Crippen molar-refractivity contribution in [3.8, 4) is 22.4 Å². The molecule has 0 spiro atoms. The fourth-order valence-electron chi connectivity index (χ4n) is 6.18. The molecule has 278 valence electrons. The van der Waals surface area contributed by atoms with Gasteiger partial charge in [-0.2, -0.15) is 54.0 Å². The number of imidazole rings is 1. The lowest BCUT2D eigenvalue weighted by molar-refractivity contribution is -0.137. The van der Waals surface area contributed by atoms with Gasteiger partial charge in [0, 0.05) is 37.3 Å². The lowest BCUT2D eigenvalue weighted by Gasteiger charge is -2.27. The highest BCUT2D eigenvalue weighted by Gasteiger charge is 2.35. The van der Waals surface area contributed by atoms with E-state index in [0.717, 1.165) is 73.3 Å². The second kappa shape index (κ2) is 21.7. The second-order valence-corrected chi connectivity index (χ2v) is 13.3. The molecule has 2 fully saturated rings. The largest absolute Gasteiger partial charge is 0.381 e. The van der Waals surface area contributed by atoms with Crippen molar-refractivity contribution in [2.45, 2.75) is 84.7 Å². The van der Waals surface area contributed by atoms with Crippen LogP contribution in [0.3, 0.4) is 0 Å². The van der Waals surface area contributed by atoms with Gasteiger partial charge in [-0.15, -0.1) is 0 Å². The molecule has 0 radical (unpaired) electrons. The Labute approximate surface area is 325 Å². The number of hydrogen-bond donors (Lipinski definition) is 3. The molecule has 9 nitrogen and oxygen atoms in total. The summed E-state index contributed by atoms with van der Waals surface area (Å²) in [5.74, 6) is 0.898. The Balaban J connectivity index is 0.00000312. The molecule has 4 atom stereocenters. The molecule has 3 aromatic rings. The van der Waals surface area contributed by atoms with E-state index in [1.165, 1.54) is 0 Å². The minimum absolute atomic E-state index is 0. The maximum Gasteiger partial charge on any atom is 0.247 e. The highest BCUT2D eigenvalue weighted by Crippen LogP contribution is 2.34. The fourth-order valence-corrected chi connectivity index (χ4v) is 6.18. The van der Waals surface area contributed by atoms with Gasteiger partial charge in [0.25, 0.3) is 0 Å². The molecule has 13 heteroatoms. The monoisotopic (exact) mass is 763 g/mol. The van der Waals surface area contributed by atoms with Gasteiger partial charge in [-0.25, -0.2) is 4.98 Å². The van der Waals surface area contributed by atoms with E-state index in [9.17, 15) is 14.4 Å². The first-order chi connectivity index (χ1) is 22.2. The van der Waals surface area contributed by atoms with Crippen molar-refractivity contribution in [1.82, 2.24) is 20.2 Å². The molecule has 0 saturated carbocycles. The van der Waals surface area contributed by atoms with E-state index in [0.29, 0.717) is 31.2 Å². The zero-order chi connectivity index (χ0) is 32.6. The van der Waals surface area contributed by atoms with Gasteiger partial charge < -0.3 is 25.3 Å². The summed E-state index contributed by atoms with van der Waals surface area (Å²) in [7, 11) is 0. The predicted octanol–water partition coefficient (Wildman–Crippen LogP) is 7.19. The molecule has 3 heterocycles. The number of anilines is 1. The van der Waals surface area contributed by atoms with Crippen LogP contribution in [0.1, 0.15) is 84.5 Å². The van der Waals surface area contributed by atoms with Crippen molar-refractivity contribution in [1.29, 1.82) is 0 Å². The number of nitrogens with zero attached hydrogens (tertiary/aromatic N) is 2. The highest BCUT2D eigenvalue weighted by atomic mass is 32.1. The fraction of sp³-hybridized carbons (Fsp3) is 0.514. The van der Waals surface area contributed by atoms with Gasteiger partial charge in [-0.1, -0.05) is 76.9 Å². The number of benzene rings is 2. The maximum atomic E-state index is 13.1. The van der Waals surface area contributed by atoms with E-state index in [-0.39, 0.29) is 89.6 Å². The van der Waals surface area contributed by atoms with E-state index in [1.807, 2.05) is 49.2 Å². The van der Waals surface area contributed by atoms with Gasteiger partial charge in [0.05, 0.1) is 17.9 Å². The average Bonchev–Trinajstić information content (AvgIpc) is 3.75. The minimum Gasteiger partial charge on any atom is -0.381 e. The van der Waals surface area contributed by atoms with E-state index in [1.54, 1.807) is 0 Å². The van der Waals surface area contributed by atoms with Crippen LogP contribution in [-0.4, -0.2) is 58.4 Å². The number of amides is 3. The van der Waals surface area contributed by atoms with E-state index in [4.69, 9.17) is 4.74 Å². The van der Waals surface area contributed by atoms with Crippen molar-refractivity contribution in [3.63, 3.8) is 0 Å². The third-order valence-corrected chi connectivity index (χ3v) is 9.58. The normalized spacial score (nSPS) is 20.3. The van der Waals surface area contributed by atoms with Crippen LogP contribution in [-0.2, 0) is 19.1 Å². The van der Waals surface area contributed by atoms with Crippen LogP contribution in [0.5, 0.6) is 0 Å². The number of aromatic amines is 1. The van der Waals surface area contributed by atoms with E-state index >= 15 is 0 Å². The van der Waals surface area contributed by atoms with Gasteiger partial charge >= 0.3 is 0 Å². The lowest BCUT2D eigenvalue weighted by atomic mass is 9.96. The number of likely N-dealkylation sites (tertiary alicyclic amines) is 1. The molecule has 50 heavy (non-hydrogen) atoms. The van der Waals surface area contributed by atoms with Crippen molar-refractivity contribution in [3.05, 3.63) is 60.6 Å². The van der Waals surface area contributed by atoms with E-state index < -0.39 is 6.04 Å². The Kier molecular flexibility index (Phi) is 19.7. The summed E-state index contributed by atoms with van der Waals surface area (Å²) in [6, 6.07) is 15.3. The standard InChI is InChI=1S/C37H49N5O4.4H2S/c1-24(2)26(4)37(45)42-20-8-10-33(42)34-38-23-32(40-34)29-13-11-27(12-14-29)28-15-17-30(18-16-28)39-36(44)31-19-22-46-21-7-5-6-9-25(3)35(43)41-31;;;;/h11-18,23-26,31,33H,5-10,19-22H2,1-4H3,(H,38,40)(H,39,44)(H,41,43);4*1H2/t25-,26-,31-,33-;;;;/m0..../s1. The molecular formula is C37H57N5O4S4. The Morgan fingerprint density at radius 1 is 0.840 bits per heavy atom. The lowest BCUT2D eigenvalue weighted by Crippen LogP contribution is -2.46. The molecule has 3 N–H and O–H groups in total. The second-order valence-electron chi connectivity index (χ2n) is 13.3. The SMILES string of the molecule is CC(C)[C@H](C)C(=O)N1CCC[C@H]1c1ncc(-c2ccc(-c3ccc(NC(=O)[C@@H]4CCOCCCCC[C@H](C)C(=O)N4)cc3)cc2)[nH]1.S.S.S.S. The number of hydrogen-bond acceptors (Lipinski definition) is 5. The summed E-state index contributed by atoms with van der Waals surface area (Å²) in [5, 5.41) is 5.91. The molecular weight excluding hydrogens is 707 g/mol. The number of carbonyl (C=O) groups is 3. The minimum atomic E-state index is -0.648. The van der Waals surface area contributed by atoms with Gasteiger partial charge in [-0.05, 0) is 66.8 Å². The third kappa shape index (κ3) is 11.7. The number of H-pyrrole nitrogens is 1. The van der Waals surface area contributed by atoms with Crippen LogP contribution in [0.4, 0.5) is 5.69 Å². The van der Waals surface area contributed by atoms with Crippen molar-refractivity contribution in [2.75, 3.05) is 25.1 Å². The predicted molar refractivity (Wildman–Crippen MR) is 222 cm³/mol. The molecule has 2 aliphatic rings. The zero-order valence-electron chi connectivity index (χ0n) is 29.7. The van der Waals surface area contributed by atoms with Crippen LogP contribution >= 0.6 is 54.0 Å². The number of rotatable bonds is 7. The van der Waals surface area contributed by atoms with E-state index in [2.05, 4.69) is 58.7 Å². The van der Waals surface area contributed by atoms with Crippen LogP contribution < -0.4 is 10.6 Å². The summed E-state index contributed by atoms with van der Waals surface area (Å²) in [5.41, 5.74) is 4.70. The first kappa shape index (κ1) is 45.4. The van der Waals surface area contributed by atoms with Crippen LogP contribution in [0.15, 0.2) is 54.7 Å². The summed E-state index contributed by atoms with van der Waals surface area (Å²) >= 11 is 0. The van der Waals surface area contributed by atoms with Crippen LogP contribution in [0, 0.1) is 17.8 Å². The summed E-state index contributed by atoms with van der Waals surface area (Å²) < 4.78 is 5.70. The third-order valence-electron chi connectivity index (χ3n) is 9.58. The van der Waals surface area contributed by atoms with Crippen molar-refractivity contribution < 1.29 is 19.1 Å². The van der Waals surface area contributed by atoms with Gasteiger partial charge in [0.1, 0.15) is 11.9 Å². The Morgan fingerprint density at radius 3 is 2.14 bits per heavy atom. The maximum absolute atomic E-state index is 13.1. The number of nitrogens with one attached hydrogen (secondary N) is 3. The Morgan fingerprint density at radius 2 is 1.48 bits per heavy atom. The molecule has 5 rings (SSSR count). The first-order valence-corrected chi connectivity index (χ1v) is 17.0. The first-order valence-electron chi connectivity index (χ1n) is 17.0. The molecule has 1 aromatic heterocycles. The van der Waals surface area contributed by atoms with Crippen molar-refractivity contribution in [2.24, 2.45) is 17.8 Å². The Bertz CT molecular complexity index is 1490. The van der Waals surface area contributed by atoms with Crippen LogP contribution in [0.2, 0.25) is 0 Å². The molecule has 2 saturated heterocycles. The topological polar surface area (TPSA) is 116 Å². The summed E-state index contributed by atoms with van der Waals surface area (Å²) in [6.45, 7) is 10.0. The van der Waals surface area contributed by atoms with Crippen molar-refractivity contribution >= 4 is 77.4 Å². The van der Waals surface area contributed by atoms with Gasteiger partial charge in [0.2, 0.25) is 17.7 Å². The summed E-state index contributed by atoms with van der Waals surface area (Å²) in [6.07, 6.45) is 8.01. The zero-order valence-corrected chi connectivity index (χ0v) is 33.7. The number of ether oxygens (including phenoxy) is 1. The number of aromatic nitrogens is 2. The smallest absolute Gasteiger partial charge is 0.247 e. The Hall–Kier alpha value is -2.58. The molecule has 2 aromatic carbocycles. The molecule has 0 bridgehead atoms. The molecule has 0 aliphatic carbocycles. The average molecular weight is 764 g/mol. The van der Waals surface area contributed by atoms with Gasteiger partial charge in [0.15, 0.2) is 0 Å². The molecule has 0 unspecified atom stereocenters. The highest BCUT2D eigenvalue weighted by molar-refractivity contribution is 7.59. The summed E-state index contributed by atoms with van der Waals surface area (Å²) in [4.78, 5) is 49.1. The van der Waals surface area contributed by atoms with Crippen LogP contribution in [0.25, 0.3) is 22.4 Å². The quantitative estimate of drug-likeness (QED) is 0.236.